The van der Waals surface area contributed by atoms with Crippen molar-refractivity contribution in [2.75, 3.05) is 11.1 Å². The molecule has 0 unspecified atom stereocenters. The monoisotopic (exact) mass is 429 g/mol. The molecule has 0 bridgehead atoms. The van der Waals surface area contributed by atoms with Crippen molar-refractivity contribution in [3.05, 3.63) is 71.0 Å². The standard InChI is InChI=1S/C21H20FN3O2S2/c1-2-3-4-14-5-7-16(8-6-14)19(27)23-20-24-25-21(29-20)28-13-18(26)15-9-11-17(22)12-10-15/h5-12H,2-4,13H2,1H3,(H,23,24,27). The first kappa shape index (κ1) is 21.1. The molecule has 0 fully saturated rings. The predicted octanol–water partition coefficient (Wildman–Crippen LogP) is 5.25. The molecule has 150 valence electrons. The number of aromatic nitrogens is 2. The van der Waals surface area contributed by atoms with E-state index in [1.165, 1.54) is 52.9 Å². The summed E-state index contributed by atoms with van der Waals surface area (Å²) in [5.41, 5.74) is 2.21. The van der Waals surface area contributed by atoms with Crippen LogP contribution in [0, 0.1) is 5.82 Å². The average molecular weight is 430 g/mol. The van der Waals surface area contributed by atoms with Crippen molar-refractivity contribution in [1.82, 2.24) is 10.2 Å². The molecule has 0 spiro atoms. The van der Waals surface area contributed by atoms with Crippen molar-refractivity contribution in [2.24, 2.45) is 0 Å². The first-order valence-corrected chi connectivity index (χ1v) is 11.0. The van der Waals surface area contributed by atoms with Gasteiger partial charge in [-0.2, -0.15) is 0 Å². The Morgan fingerprint density at radius 2 is 1.72 bits per heavy atom. The summed E-state index contributed by atoms with van der Waals surface area (Å²) in [6, 6.07) is 13.0. The molecule has 0 radical (unpaired) electrons. The summed E-state index contributed by atoms with van der Waals surface area (Å²) in [5.74, 6) is -0.594. The van der Waals surface area contributed by atoms with E-state index in [1.54, 1.807) is 12.1 Å². The number of thioether (sulfide) groups is 1. The maximum atomic E-state index is 12.9. The van der Waals surface area contributed by atoms with Crippen LogP contribution >= 0.6 is 23.1 Å². The van der Waals surface area contributed by atoms with Gasteiger partial charge in [-0.15, -0.1) is 10.2 Å². The van der Waals surface area contributed by atoms with Gasteiger partial charge in [0.2, 0.25) is 5.13 Å². The van der Waals surface area contributed by atoms with E-state index >= 15 is 0 Å². The van der Waals surface area contributed by atoms with Gasteiger partial charge in [0.25, 0.3) is 5.91 Å². The molecule has 3 aromatic rings. The highest BCUT2D eigenvalue weighted by Gasteiger charge is 2.13. The smallest absolute Gasteiger partial charge is 0.257 e. The van der Waals surface area contributed by atoms with E-state index < -0.39 is 0 Å². The number of Topliss-reactive ketones (excluding diaryl/α,β-unsaturated/α-hetero) is 1. The highest BCUT2D eigenvalue weighted by Crippen LogP contribution is 2.26. The molecule has 0 aliphatic carbocycles. The third-order valence-corrected chi connectivity index (χ3v) is 6.13. The summed E-state index contributed by atoms with van der Waals surface area (Å²) in [7, 11) is 0. The lowest BCUT2D eigenvalue weighted by Gasteiger charge is -2.03. The average Bonchev–Trinajstić information content (AvgIpc) is 3.18. The SMILES string of the molecule is CCCCc1ccc(C(=O)Nc2nnc(SCC(=O)c3ccc(F)cc3)s2)cc1. The quantitative estimate of drug-likeness (QED) is 0.286. The van der Waals surface area contributed by atoms with Crippen LogP contribution in [-0.2, 0) is 6.42 Å². The van der Waals surface area contributed by atoms with Crippen LogP contribution in [0.5, 0.6) is 0 Å². The zero-order valence-electron chi connectivity index (χ0n) is 15.9. The van der Waals surface area contributed by atoms with Gasteiger partial charge in [-0.1, -0.05) is 48.6 Å². The molecular formula is C21H20FN3O2S2. The molecule has 1 heterocycles. The Kier molecular flexibility index (Phi) is 7.48. The number of aryl methyl sites for hydroxylation is 1. The molecule has 2 aromatic carbocycles. The molecule has 1 N–H and O–H groups in total. The summed E-state index contributed by atoms with van der Waals surface area (Å²) >= 11 is 2.44. The molecule has 8 heteroatoms. The van der Waals surface area contributed by atoms with Crippen molar-refractivity contribution in [3.63, 3.8) is 0 Å². The zero-order valence-corrected chi connectivity index (χ0v) is 17.5. The zero-order chi connectivity index (χ0) is 20.6. The van der Waals surface area contributed by atoms with Crippen molar-refractivity contribution < 1.29 is 14.0 Å². The number of unbranched alkanes of at least 4 members (excludes halogenated alkanes) is 1. The lowest BCUT2D eigenvalue weighted by molar-refractivity contribution is 0.101. The van der Waals surface area contributed by atoms with E-state index in [9.17, 15) is 14.0 Å². The Balaban J connectivity index is 1.52. The molecule has 5 nitrogen and oxygen atoms in total. The predicted molar refractivity (Wildman–Crippen MR) is 114 cm³/mol. The van der Waals surface area contributed by atoms with Crippen LogP contribution in [0.4, 0.5) is 9.52 Å². The van der Waals surface area contributed by atoms with E-state index in [-0.39, 0.29) is 23.3 Å². The highest BCUT2D eigenvalue weighted by atomic mass is 32.2. The second-order valence-corrected chi connectivity index (χ2v) is 8.55. The van der Waals surface area contributed by atoms with E-state index in [1.807, 2.05) is 12.1 Å². The van der Waals surface area contributed by atoms with E-state index in [4.69, 9.17) is 0 Å². The second kappa shape index (κ2) is 10.3. The maximum Gasteiger partial charge on any atom is 0.257 e. The van der Waals surface area contributed by atoms with Crippen LogP contribution in [0.15, 0.2) is 52.9 Å². The molecule has 29 heavy (non-hydrogen) atoms. The lowest BCUT2D eigenvalue weighted by atomic mass is 10.1. The Labute approximate surface area is 176 Å². The minimum Gasteiger partial charge on any atom is -0.296 e. The van der Waals surface area contributed by atoms with E-state index in [0.717, 1.165) is 19.3 Å². The largest absolute Gasteiger partial charge is 0.296 e. The topological polar surface area (TPSA) is 72.0 Å². The Morgan fingerprint density at radius 3 is 2.41 bits per heavy atom. The van der Waals surface area contributed by atoms with Crippen LogP contribution < -0.4 is 5.32 Å². The molecule has 3 rings (SSSR count). The number of halogens is 1. The Morgan fingerprint density at radius 1 is 1.03 bits per heavy atom. The van der Waals surface area contributed by atoms with Crippen molar-refractivity contribution in [3.8, 4) is 0 Å². The summed E-state index contributed by atoms with van der Waals surface area (Å²) in [4.78, 5) is 24.5. The number of anilines is 1. The molecule has 0 atom stereocenters. The number of rotatable bonds is 9. The summed E-state index contributed by atoms with van der Waals surface area (Å²) < 4.78 is 13.5. The van der Waals surface area contributed by atoms with Gasteiger partial charge in [0.05, 0.1) is 5.75 Å². The molecule has 0 aliphatic rings. The minimum absolute atomic E-state index is 0.126. The van der Waals surface area contributed by atoms with Crippen molar-refractivity contribution >= 4 is 39.9 Å². The van der Waals surface area contributed by atoms with Gasteiger partial charge in [0.15, 0.2) is 10.1 Å². The summed E-state index contributed by atoms with van der Waals surface area (Å²) in [5, 5.41) is 11.1. The number of benzene rings is 2. The first-order valence-electron chi connectivity index (χ1n) is 9.20. The highest BCUT2D eigenvalue weighted by molar-refractivity contribution is 8.01. The van der Waals surface area contributed by atoms with Gasteiger partial charge in [0.1, 0.15) is 5.82 Å². The third kappa shape index (κ3) is 6.20. The fraction of sp³-hybridized carbons (Fsp3) is 0.238. The van der Waals surface area contributed by atoms with Crippen LogP contribution in [-0.4, -0.2) is 27.6 Å². The van der Waals surface area contributed by atoms with Gasteiger partial charge in [-0.05, 0) is 54.8 Å². The Bertz CT molecular complexity index is 972. The van der Waals surface area contributed by atoms with Gasteiger partial charge in [0, 0.05) is 11.1 Å². The second-order valence-electron chi connectivity index (χ2n) is 6.35. The van der Waals surface area contributed by atoms with Gasteiger partial charge in [-0.25, -0.2) is 4.39 Å². The van der Waals surface area contributed by atoms with Gasteiger partial charge in [-0.3, -0.25) is 14.9 Å². The lowest BCUT2D eigenvalue weighted by Crippen LogP contribution is -2.11. The third-order valence-electron chi connectivity index (χ3n) is 4.15. The van der Waals surface area contributed by atoms with E-state index in [0.29, 0.717) is 20.6 Å². The fourth-order valence-corrected chi connectivity index (χ4v) is 4.18. The van der Waals surface area contributed by atoms with Gasteiger partial charge >= 0.3 is 0 Å². The van der Waals surface area contributed by atoms with E-state index in [2.05, 4.69) is 22.4 Å². The number of amides is 1. The minimum atomic E-state index is -0.380. The van der Waals surface area contributed by atoms with Crippen LogP contribution in [0.25, 0.3) is 0 Å². The van der Waals surface area contributed by atoms with Crippen molar-refractivity contribution in [1.29, 1.82) is 0 Å². The number of hydrogen-bond donors (Lipinski definition) is 1. The number of carbonyl (C=O) groups excluding carboxylic acids is 2. The van der Waals surface area contributed by atoms with Gasteiger partial charge < -0.3 is 0 Å². The number of nitrogens with one attached hydrogen (secondary N) is 1. The number of carbonyl (C=O) groups is 2. The number of nitrogens with zero attached hydrogens (tertiary/aromatic N) is 2. The summed E-state index contributed by atoms with van der Waals surface area (Å²) in [6.07, 6.45) is 3.27. The first-order chi connectivity index (χ1) is 14.0. The molecule has 0 saturated heterocycles. The number of hydrogen-bond acceptors (Lipinski definition) is 6. The fourth-order valence-electron chi connectivity index (χ4n) is 2.54. The van der Waals surface area contributed by atoms with Crippen molar-refractivity contribution in [2.45, 2.75) is 30.5 Å². The molecular weight excluding hydrogens is 409 g/mol. The molecule has 0 saturated carbocycles. The summed E-state index contributed by atoms with van der Waals surface area (Å²) in [6.45, 7) is 2.15. The maximum absolute atomic E-state index is 12.9. The van der Waals surface area contributed by atoms with Crippen LogP contribution in [0.3, 0.4) is 0 Å². The Hall–Kier alpha value is -2.58. The van der Waals surface area contributed by atoms with Crippen LogP contribution in [0.1, 0.15) is 46.0 Å². The normalized spacial score (nSPS) is 10.7. The molecule has 1 amide bonds. The number of ketones is 1. The molecule has 1 aromatic heterocycles. The molecule has 0 aliphatic heterocycles. The van der Waals surface area contributed by atoms with Crippen LogP contribution in [0.2, 0.25) is 0 Å².